The van der Waals surface area contributed by atoms with Gasteiger partial charge in [-0.1, -0.05) is 30.3 Å². The van der Waals surface area contributed by atoms with E-state index in [2.05, 4.69) is 15.3 Å². The Morgan fingerprint density at radius 1 is 1.00 bits per heavy atom. The minimum atomic E-state index is -0.170. The molecule has 0 bridgehead atoms. The van der Waals surface area contributed by atoms with Crippen molar-refractivity contribution in [2.24, 2.45) is 0 Å². The number of hydrogen-bond donors (Lipinski definition) is 1. The smallest absolute Gasteiger partial charge is 0.246 e. The summed E-state index contributed by atoms with van der Waals surface area (Å²) in [5.74, 6) is 0.565. The standard InChI is InChI=1S/C23H21N3O3S/c27-22(15-28-16-23-26-20-9-1-2-10-21(20)30-23)25-13-17-6-5-8-19(12-17)29-14-18-7-3-4-11-24-18/h1-12H,13-16H2,(H,25,27). The Labute approximate surface area is 178 Å². The molecule has 152 valence electrons. The Kier molecular flexibility index (Phi) is 6.64. The summed E-state index contributed by atoms with van der Waals surface area (Å²) in [5, 5.41) is 3.73. The maximum absolute atomic E-state index is 12.1. The quantitative estimate of drug-likeness (QED) is 0.442. The van der Waals surface area contributed by atoms with E-state index in [1.165, 1.54) is 0 Å². The van der Waals surface area contributed by atoms with Crippen LogP contribution in [0.25, 0.3) is 10.2 Å². The molecule has 2 heterocycles. The lowest BCUT2D eigenvalue weighted by atomic mass is 10.2. The predicted octanol–water partition coefficient (Wildman–Crippen LogP) is 4.10. The van der Waals surface area contributed by atoms with Crippen LogP contribution in [0.3, 0.4) is 0 Å². The third kappa shape index (κ3) is 5.62. The predicted molar refractivity (Wildman–Crippen MR) is 116 cm³/mol. The molecule has 0 aliphatic heterocycles. The van der Waals surface area contributed by atoms with Crippen molar-refractivity contribution in [3.63, 3.8) is 0 Å². The molecule has 2 aromatic heterocycles. The third-order valence-electron chi connectivity index (χ3n) is 4.30. The maximum Gasteiger partial charge on any atom is 0.246 e. The van der Waals surface area contributed by atoms with Gasteiger partial charge in [0, 0.05) is 12.7 Å². The van der Waals surface area contributed by atoms with Crippen LogP contribution in [-0.2, 0) is 29.3 Å². The number of thiazole rings is 1. The average Bonchev–Trinajstić information content (AvgIpc) is 3.20. The van der Waals surface area contributed by atoms with Crippen LogP contribution in [0.1, 0.15) is 16.3 Å². The Morgan fingerprint density at radius 2 is 1.90 bits per heavy atom. The minimum absolute atomic E-state index is 0.00814. The normalized spacial score (nSPS) is 10.8. The number of benzene rings is 2. The van der Waals surface area contributed by atoms with E-state index in [0.29, 0.717) is 19.8 Å². The van der Waals surface area contributed by atoms with Crippen LogP contribution in [-0.4, -0.2) is 22.5 Å². The number of pyridine rings is 1. The number of aromatic nitrogens is 2. The van der Waals surface area contributed by atoms with Crippen molar-refractivity contribution in [1.29, 1.82) is 0 Å². The maximum atomic E-state index is 12.1. The van der Waals surface area contributed by atoms with Gasteiger partial charge in [0.1, 0.15) is 24.0 Å². The van der Waals surface area contributed by atoms with Crippen LogP contribution in [0.5, 0.6) is 5.75 Å². The van der Waals surface area contributed by atoms with Crippen LogP contribution in [0.2, 0.25) is 0 Å². The van der Waals surface area contributed by atoms with E-state index < -0.39 is 0 Å². The average molecular weight is 420 g/mol. The summed E-state index contributed by atoms with van der Waals surface area (Å²) in [4.78, 5) is 20.8. The van der Waals surface area contributed by atoms with Gasteiger partial charge in [-0.05, 0) is 42.0 Å². The summed E-state index contributed by atoms with van der Waals surface area (Å²) >= 11 is 1.58. The Morgan fingerprint density at radius 3 is 2.77 bits per heavy atom. The van der Waals surface area contributed by atoms with Crippen molar-refractivity contribution in [3.8, 4) is 5.75 Å². The lowest BCUT2D eigenvalue weighted by Gasteiger charge is -2.09. The van der Waals surface area contributed by atoms with Gasteiger partial charge in [-0.2, -0.15) is 0 Å². The number of rotatable bonds is 9. The molecule has 0 atom stereocenters. The Balaban J connectivity index is 1.20. The molecule has 7 heteroatoms. The number of amides is 1. The largest absolute Gasteiger partial charge is 0.487 e. The molecule has 2 aromatic carbocycles. The molecule has 1 N–H and O–H groups in total. The van der Waals surface area contributed by atoms with Gasteiger partial charge < -0.3 is 14.8 Å². The number of carbonyl (C=O) groups is 1. The van der Waals surface area contributed by atoms with Crippen molar-refractivity contribution >= 4 is 27.5 Å². The van der Waals surface area contributed by atoms with Gasteiger partial charge in [-0.15, -0.1) is 11.3 Å². The van der Waals surface area contributed by atoms with E-state index in [9.17, 15) is 4.79 Å². The molecule has 0 spiro atoms. The van der Waals surface area contributed by atoms with Gasteiger partial charge in [0.25, 0.3) is 0 Å². The first-order valence-electron chi connectivity index (χ1n) is 9.57. The van der Waals surface area contributed by atoms with Crippen molar-refractivity contribution in [2.45, 2.75) is 19.8 Å². The van der Waals surface area contributed by atoms with E-state index in [-0.39, 0.29) is 12.5 Å². The first-order chi connectivity index (χ1) is 14.8. The number of para-hydroxylation sites is 1. The first-order valence-corrected chi connectivity index (χ1v) is 10.4. The minimum Gasteiger partial charge on any atom is -0.487 e. The lowest BCUT2D eigenvalue weighted by Crippen LogP contribution is -2.27. The van der Waals surface area contributed by atoms with Crippen LogP contribution >= 0.6 is 11.3 Å². The number of carbonyl (C=O) groups excluding carboxylic acids is 1. The SMILES string of the molecule is O=C(COCc1nc2ccccc2s1)NCc1cccc(OCc2ccccn2)c1. The summed E-state index contributed by atoms with van der Waals surface area (Å²) in [6.07, 6.45) is 1.74. The highest BCUT2D eigenvalue weighted by Gasteiger charge is 2.06. The number of nitrogens with zero attached hydrogens (tertiary/aromatic N) is 2. The molecule has 0 aliphatic rings. The van der Waals surface area contributed by atoms with Gasteiger partial charge in [0.15, 0.2) is 0 Å². The number of hydrogen-bond acceptors (Lipinski definition) is 6. The van der Waals surface area contributed by atoms with E-state index in [1.54, 1.807) is 17.5 Å². The fraction of sp³-hybridized carbons (Fsp3) is 0.174. The molecular formula is C23H21N3O3S. The lowest BCUT2D eigenvalue weighted by molar-refractivity contribution is -0.126. The zero-order valence-corrected chi connectivity index (χ0v) is 17.1. The Hall–Kier alpha value is -3.29. The Bertz CT molecular complexity index is 1080. The molecule has 0 fully saturated rings. The fourth-order valence-electron chi connectivity index (χ4n) is 2.85. The third-order valence-corrected chi connectivity index (χ3v) is 5.31. The van der Waals surface area contributed by atoms with Crippen LogP contribution in [0.4, 0.5) is 0 Å². The monoisotopic (exact) mass is 419 g/mol. The molecule has 0 unspecified atom stereocenters. The summed E-state index contributed by atoms with van der Waals surface area (Å²) in [5.41, 5.74) is 2.77. The second-order valence-electron chi connectivity index (χ2n) is 6.60. The zero-order valence-electron chi connectivity index (χ0n) is 16.3. The van der Waals surface area contributed by atoms with E-state index >= 15 is 0 Å². The highest BCUT2D eigenvalue weighted by Crippen LogP contribution is 2.21. The molecule has 0 aliphatic carbocycles. The summed E-state index contributed by atoms with van der Waals surface area (Å²) < 4.78 is 12.4. The van der Waals surface area contributed by atoms with Crippen molar-refractivity contribution < 1.29 is 14.3 Å². The van der Waals surface area contributed by atoms with Gasteiger partial charge in [-0.3, -0.25) is 9.78 Å². The van der Waals surface area contributed by atoms with Gasteiger partial charge in [0.2, 0.25) is 5.91 Å². The topological polar surface area (TPSA) is 73.3 Å². The van der Waals surface area contributed by atoms with Gasteiger partial charge >= 0.3 is 0 Å². The first kappa shape index (κ1) is 20.0. The number of fused-ring (bicyclic) bond motifs is 1. The second kappa shape index (κ2) is 9.96. The number of nitrogens with one attached hydrogen (secondary N) is 1. The summed E-state index contributed by atoms with van der Waals surface area (Å²) in [7, 11) is 0. The molecule has 4 rings (SSSR count). The molecule has 6 nitrogen and oxygen atoms in total. The second-order valence-corrected chi connectivity index (χ2v) is 7.72. The highest BCUT2D eigenvalue weighted by molar-refractivity contribution is 7.18. The fourth-order valence-corrected chi connectivity index (χ4v) is 3.76. The molecule has 0 saturated heterocycles. The molecular weight excluding hydrogens is 398 g/mol. The van der Waals surface area contributed by atoms with Crippen molar-refractivity contribution in [3.05, 3.63) is 89.2 Å². The number of ether oxygens (including phenoxy) is 2. The van der Waals surface area contributed by atoms with Crippen molar-refractivity contribution in [2.75, 3.05) is 6.61 Å². The molecule has 30 heavy (non-hydrogen) atoms. The molecule has 0 saturated carbocycles. The van der Waals surface area contributed by atoms with Gasteiger partial charge in [-0.25, -0.2) is 4.98 Å². The van der Waals surface area contributed by atoms with E-state index in [1.807, 2.05) is 66.7 Å². The summed E-state index contributed by atoms with van der Waals surface area (Å²) in [6.45, 7) is 1.12. The van der Waals surface area contributed by atoms with Gasteiger partial charge in [0.05, 0.1) is 22.5 Å². The van der Waals surface area contributed by atoms with Crippen LogP contribution in [0.15, 0.2) is 72.9 Å². The van der Waals surface area contributed by atoms with Crippen LogP contribution < -0.4 is 10.1 Å². The highest BCUT2D eigenvalue weighted by atomic mass is 32.1. The van der Waals surface area contributed by atoms with E-state index in [4.69, 9.17) is 9.47 Å². The van der Waals surface area contributed by atoms with E-state index in [0.717, 1.165) is 32.2 Å². The zero-order chi connectivity index (χ0) is 20.6. The molecule has 1 amide bonds. The molecule has 4 aromatic rings. The summed E-state index contributed by atoms with van der Waals surface area (Å²) in [6, 6.07) is 21.3. The van der Waals surface area contributed by atoms with Crippen molar-refractivity contribution in [1.82, 2.24) is 15.3 Å². The molecule has 0 radical (unpaired) electrons. The van der Waals surface area contributed by atoms with Crippen LogP contribution in [0, 0.1) is 0 Å².